The van der Waals surface area contributed by atoms with Crippen molar-refractivity contribution < 1.29 is 19.4 Å². The number of carbonyl (C=O) groups is 2. The summed E-state index contributed by atoms with van der Waals surface area (Å²) in [6, 6.07) is 9.78. The number of benzene rings is 1. The first-order valence-corrected chi connectivity index (χ1v) is 10.8. The number of nitrogens with one attached hydrogen (secondary N) is 1. The number of hydrogen-bond acceptors (Lipinski definition) is 4. The van der Waals surface area contributed by atoms with Gasteiger partial charge in [0.05, 0.1) is 0 Å². The van der Waals surface area contributed by atoms with Crippen molar-refractivity contribution in [3.63, 3.8) is 0 Å². The minimum atomic E-state index is -0.729. The predicted molar refractivity (Wildman–Crippen MR) is 117 cm³/mol. The van der Waals surface area contributed by atoms with Crippen molar-refractivity contribution in [1.29, 1.82) is 0 Å². The quantitative estimate of drug-likeness (QED) is 0.407. The third-order valence-electron chi connectivity index (χ3n) is 5.31. The van der Waals surface area contributed by atoms with E-state index in [2.05, 4.69) is 11.4 Å². The summed E-state index contributed by atoms with van der Waals surface area (Å²) in [5.41, 5.74) is 0. The second-order valence-corrected chi connectivity index (χ2v) is 7.96. The number of carbonyl (C=O) groups excluding carboxylic acids is 2. The van der Waals surface area contributed by atoms with Gasteiger partial charge in [-0.1, -0.05) is 48.6 Å². The molecule has 0 aliphatic heterocycles. The number of aliphatic hydroxyl groups excluding tert-OH is 1. The molecule has 1 fully saturated rings. The molecule has 30 heavy (non-hydrogen) atoms. The Kier molecular flexibility index (Phi) is 8.45. The molecule has 1 saturated carbocycles. The van der Waals surface area contributed by atoms with Gasteiger partial charge < -0.3 is 15.2 Å². The van der Waals surface area contributed by atoms with Crippen molar-refractivity contribution in [3.8, 4) is 5.75 Å². The van der Waals surface area contributed by atoms with Crippen molar-refractivity contribution in [2.24, 2.45) is 11.8 Å². The van der Waals surface area contributed by atoms with Gasteiger partial charge in [0.25, 0.3) is 0 Å². The molecular formula is C25H31NO4. The van der Waals surface area contributed by atoms with Crippen LogP contribution in [-0.2, 0) is 9.59 Å². The topological polar surface area (TPSA) is 75.6 Å². The summed E-state index contributed by atoms with van der Waals surface area (Å²) in [4.78, 5) is 23.8. The summed E-state index contributed by atoms with van der Waals surface area (Å²) in [6.07, 6.45) is 15.6. The monoisotopic (exact) mass is 409 g/mol. The maximum absolute atomic E-state index is 12.2. The number of unbranched alkanes of at least 4 members (excludes halogenated alkanes) is 1. The van der Waals surface area contributed by atoms with Gasteiger partial charge >= 0.3 is 0 Å². The lowest BCUT2D eigenvalue weighted by Crippen LogP contribution is -2.24. The predicted octanol–water partition coefficient (Wildman–Crippen LogP) is 3.75. The van der Waals surface area contributed by atoms with Crippen molar-refractivity contribution in [2.45, 2.75) is 50.7 Å². The zero-order chi connectivity index (χ0) is 21.2. The van der Waals surface area contributed by atoms with Gasteiger partial charge in [0.2, 0.25) is 5.91 Å². The number of hydrogen-bond donors (Lipinski definition) is 2. The number of rotatable bonds is 12. The largest absolute Gasteiger partial charge is 0.491 e. The molecule has 0 heterocycles. The van der Waals surface area contributed by atoms with Crippen molar-refractivity contribution >= 4 is 11.7 Å². The lowest BCUT2D eigenvalue weighted by Gasteiger charge is -2.14. The molecular weight excluding hydrogens is 378 g/mol. The number of ketones is 1. The highest BCUT2D eigenvalue weighted by Gasteiger charge is 2.27. The Hall–Kier alpha value is -2.66. The van der Waals surface area contributed by atoms with Crippen molar-refractivity contribution in [1.82, 2.24) is 5.32 Å². The molecule has 0 saturated heterocycles. The number of amides is 1. The van der Waals surface area contributed by atoms with E-state index in [9.17, 15) is 14.7 Å². The van der Waals surface area contributed by atoms with Crippen LogP contribution >= 0.6 is 0 Å². The lowest BCUT2D eigenvalue weighted by molar-refractivity contribution is -0.121. The summed E-state index contributed by atoms with van der Waals surface area (Å²) in [5, 5.41) is 13.1. The Balaban J connectivity index is 1.35. The van der Waals surface area contributed by atoms with Crippen molar-refractivity contribution in [2.75, 3.05) is 6.61 Å². The molecule has 1 unspecified atom stereocenters. The molecule has 0 bridgehead atoms. The molecule has 3 rings (SSSR count). The first-order chi connectivity index (χ1) is 14.6. The molecule has 0 spiro atoms. The van der Waals surface area contributed by atoms with Gasteiger partial charge in [0, 0.05) is 24.3 Å². The Morgan fingerprint density at radius 3 is 2.80 bits per heavy atom. The first-order valence-electron chi connectivity index (χ1n) is 10.8. The van der Waals surface area contributed by atoms with E-state index >= 15 is 0 Å². The van der Waals surface area contributed by atoms with Crippen LogP contribution in [-0.4, -0.2) is 35.5 Å². The van der Waals surface area contributed by atoms with E-state index in [4.69, 9.17) is 4.74 Å². The number of allylic oxidation sites excluding steroid dienone is 5. The first kappa shape index (κ1) is 22.0. The van der Waals surface area contributed by atoms with E-state index in [1.54, 1.807) is 12.2 Å². The van der Waals surface area contributed by atoms with E-state index in [1.807, 2.05) is 48.6 Å². The molecule has 3 atom stereocenters. The van der Waals surface area contributed by atoms with Crippen LogP contribution in [0.5, 0.6) is 5.75 Å². The van der Waals surface area contributed by atoms with Crippen LogP contribution in [0.15, 0.2) is 66.8 Å². The van der Waals surface area contributed by atoms with E-state index in [-0.39, 0.29) is 30.1 Å². The van der Waals surface area contributed by atoms with Crippen LogP contribution in [0.1, 0.15) is 38.5 Å². The molecule has 0 radical (unpaired) electrons. The molecule has 5 heteroatoms. The standard InChI is InChI=1S/C25H31NO4/c27-21(18-30-22-8-4-3-5-9-22)16-12-19-13-17-24(28)23(19)10-6-1-2-7-11-25(29)26-20-14-15-20/h1,3-6,8-9,12-13,16-17,19-21,23,27H,2,7,10-11,14-15,18H2,(H,26,29)/b6-1-,16-12+/t19-,21+,23?/m0/s1. The van der Waals surface area contributed by atoms with Gasteiger partial charge in [-0.3, -0.25) is 9.59 Å². The molecule has 1 aromatic carbocycles. The van der Waals surface area contributed by atoms with Crippen LogP contribution in [0.25, 0.3) is 0 Å². The summed E-state index contributed by atoms with van der Waals surface area (Å²) in [7, 11) is 0. The van der Waals surface area contributed by atoms with E-state index in [0.717, 1.165) is 25.7 Å². The van der Waals surface area contributed by atoms with E-state index in [1.165, 1.54) is 0 Å². The van der Waals surface area contributed by atoms with E-state index < -0.39 is 6.10 Å². The molecule has 2 aliphatic rings. The fourth-order valence-corrected chi connectivity index (χ4v) is 3.40. The molecule has 160 valence electrons. The van der Waals surface area contributed by atoms with Gasteiger partial charge in [0.15, 0.2) is 5.78 Å². The van der Waals surface area contributed by atoms with Gasteiger partial charge in [-0.25, -0.2) is 0 Å². The maximum Gasteiger partial charge on any atom is 0.220 e. The Morgan fingerprint density at radius 1 is 1.23 bits per heavy atom. The Bertz CT molecular complexity index is 780. The van der Waals surface area contributed by atoms with Crippen molar-refractivity contribution in [3.05, 3.63) is 66.8 Å². The van der Waals surface area contributed by atoms with Gasteiger partial charge in [-0.2, -0.15) is 0 Å². The summed E-state index contributed by atoms with van der Waals surface area (Å²) in [6.45, 7) is 0.170. The molecule has 2 N–H and O–H groups in total. The van der Waals surface area contributed by atoms with Gasteiger partial charge in [-0.05, 0) is 50.3 Å². The third-order valence-corrected chi connectivity index (χ3v) is 5.31. The Labute approximate surface area is 178 Å². The SMILES string of the molecule is O=C(CCC/C=C\CC1C(=O)C=C[C@@H]1/C=C/[C@@H](O)COc1ccccc1)NC1CC1. The Morgan fingerprint density at radius 2 is 2.03 bits per heavy atom. The molecule has 0 aromatic heterocycles. The molecule has 1 amide bonds. The second-order valence-electron chi connectivity index (χ2n) is 7.96. The fourth-order valence-electron chi connectivity index (χ4n) is 3.40. The average molecular weight is 410 g/mol. The lowest BCUT2D eigenvalue weighted by atomic mass is 9.90. The number of aliphatic hydroxyl groups is 1. The molecule has 5 nitrogen and oxygen atoms in total. The molecule has 1 aromatic rings. The summed E-state index contributed by atoms with van der Waals surface area (Å²) < 4.78 is 5.55. The third kappa shape index (κ3) is 7.64. The summed E-state index contributed by atoms with van der Waals surface area (Å²) in [5.74, 6) is 0.832. The second kappa shape index (κ2) is 11.5. The van der Waals surface area contributed by atoms with Crippen LogP contribution < -0.4 is 10.1 Å². The zero-order valence-corrected chi connectivity index (χ0v) is 17.3. The smallest absolute Gasteiger partial charge is 0.220 e. The highest BCUT2D eigenvalue weighted by Crippen LogP contribution is 2.27. The van der Waals surface area contributed by atoms with E-state index in [0.29, 0.717) is 24.6 Å². The fraction of sp³-hybridized carbons (Fsp3) is 0.440. The van der Waals surface area contributed by atoms with Crippen LogP contribution in [0.4, 0.5) is 0 Å². The van der Waals surface area contributed by atoms with Gasteiger partial charge in [0.1, 0.15) is 18.5 Å². The molecule has 2 aliphatic carbocycles. The highest BCUT2D eigenvalue weighted by molar-refractivity contribution is 5.95. The normalized spacial score (nSPS) is 22.1. The minimum Gasteiger partial charge on any atom is -0.491 e. The van der Waals surface area contributed by atoms with Crippen LogP contribution in [0, 0.1) is 11.8 Å². The zero-order valence-electron chi connectivity index (χ0n) is 17.3. The number of ether oxygens (including phenoxy) is 1. The van der Waals surface area contributed by atoms with Crippen LogP contribution in [0.3, 0.4) is 0 Å². The van der Waals surface area contributed by atoms with Crippen LogP contribution in [0.2, 0.25) is 0 Å². The number of para-hydroxylation sites is 1. The van der Waals surface area contributed by atoms with Gasteiger partial charge in [-0.15, -0.1) is 0 Å². The average Bonchev–Trinajstić information content (AvgIpc) is 3.50. The maximum atomic E-state index is 12.2. The highest BCUT2D eigenvalue weighted by atomic mass is 16.5. The summed E-state index contributed by atoms with van der Waals surface area (Å²) >= 11 is 0. The minimum absolute atomic E-state index is 0.0159.